The molecule has 0 saturated carbocycles. The van der Waals surface area contributed by atoms with Crippen LogP contribution >= 0.6 is 15.9 Å². The van der Waals surface area contributed by atoms with E-state index in [1.165, 1.54) is 12.1 Å². The van der Waals surface area contributed by atoms with Gasteiger partial charge >= 0.3 is 0 Å². The molecule has 0 aliphatic carbocycles. The first-order valence-corrected chi connectivity index (χ1v) is 6.77. The van der Waals surface area contributed by atoms with Crippen LogP contribution in [0.1, 0.15) is 24.8 Å². The number of hydrogen-bond acceptors (Lipinski definition) is 1. The molecule has 2 rings (SSSR count). The van der Waals surface area contributed by atoms with Gasteiger partial charge in [-0.25, -0.2) is 8.78 Å². The first kappa shape index (κ1) is 13.0. The van der Waals surface area contributed by atoms with E-state index >= 15 is 0 Å². The summed E-state index contributed by atoms with van der Waals surface area (Å²) in [6.07, 6.45) is 2.40. The van der Waals surface area contributed by atoms with E-state index in [9.17, 15) is 8.78 Å². The molecule has 0 spiro atoms. The van der Waals surface area contributed by atoms with E-state index in [2.05, 4.69) is 21.2 Å². The van der Waals surface area contributed by atoms with E-state index in [1.54, 1.807) is 6.07 Å². The SMILES string of the molecule is Fc1cc(Br)cc(CC(F)C2CCCCN2)c1. The van der Waals surface area contributed by atoms with Gasteiger partial charge in [-0.05, 0) is 43.1 Å². The maximum atomic E-state index is 14.0. The van der Waals surface area contributed by atoms with Crippen LogP contribution in [0.3, 0.4) is 0 Å². The molecule has 1 aromatic rings. The minimum atomic E-state index is -0.941. The zero-order valence-electron chi connectivity index (χ0n) is 9.56. The standard InChI is InChI=1S/C13H16BrF2N/c14-10-5-9(6-11(15)8-10)7-12(16)13-3-1-2-4-17-13/h5-6,8,12-13,17H,1-4,7H2. The van der Waals surface area contributed by atoms with Crippen LogP contribution in [-0.2, 0) is 6.42 Å². The van der Waals surface area contributed by atoms with Gasteiger partial charge in [0.25, 0.3) is 0 Å². The lowest BCUT2D eigenvalue weighted by Gasteiger charge is -2.26. The Morgan fingerprint density at radius 1 is 1.35 bits per heavy atom. The van der Waals surface area contributed by atoms with Gasteiger partial charge in [0.15, 0.2) is 0 Å². The van der Waals surface area contributed by atoms with E-state index in [1.807, 2.05) is 0 Å². The Morgan fingerprint density at radius 2 is 2.18 bits per heavy atom. The summed E-state index contributed by atoms with van der Waals surface area (Å²) in [6.45, 7) is 0.887. The number of benzene rings is 1. The molecular weight excluding hydrogens is 288 g/mol. The summed E-state index contributed by atoms with van der Waals surface area (Å²) in [5, 5.41) is 3.19. The molecule has 1 nitrogen and oxygen atoms in total. The minimum Gasteiger partial charge on any atom is -0.311 e. The maximum absolute atomic E-state index is 14.0. The smallest absolute Gasteiger partial charge is 0.124 e. The monoisotopic (exact) mass is 303 g/mol. The number of rotatable bonds is 3. The van der Waals surface area contributed by atoms with Crippen LogP contribution in [0.4, 0.5) is 8.78 Å². The zero-order valence-corrected chi connectivity index (χ0v) is 11.1. The lowest BCUT2D eigenvalue weighted by Crippen LogP contribution is -2.42. The fourth-order valence-corrected chi connectivity index (χ4v) is 2.80. The van der Waals surface area contributed by atoms with Crippen LogP contribution in [0.15, 0.2) is 22.7 Å². The average Bonchev–Trinajstić information content (AvgIpc) is 2.28. The molecule has 2 unspecified atom stereocenters. The van der Waals surface area contributed by atoms with E-state index in [-0.39, 0.29) is 18.3 Å². The highest BCUT2D eigenvalue weighted by Crippen LogP contribution is 2.20. The van der Waals surface area contributed by atoms with Crippen LogP contribution in [0, 0.1) is 5.82 Å². The Morgan fingerprint density at radius 3 is 2.82 bits per heavy atom. The molecule has 94 valence electrons. The van der Waals surface area contributed by atoms with Crippen LogP contribution in [0.5, 0.6) is 0 Å². The van der Waals surface area contributed by atoms with Gasteiger partial charge in [0.05, 0.1) is 0 Å². The van der Waals surface area contributed by atoms with Crippen molar-refractivity contribution in [1.82, 2.24) is 5.32 Å². The highest BCUT2D eigenvalue weighted by molar-refractivity contribution is 9.10. The molecule has 0 bridgehead atoms. The topological polar surface area (TPSA) is 12.0 Å². The fraction of sp³-hybridized carbons (Fsp3) is 0.538. The molecule has 1 heterocycles. The van der Waals surface area contributed by atoms with Crippen molar-refractivity contribution >= 4 is 15.9 Å². The van der Waals surface area contributed by atoms with Crippen LogP contribution in [0.2, 0.25) is 0 Å². The molecule has 4 heteroatoms. The first-order chi connectivity index (χ1) is 8.15. The second kappa shape index (κ2) is 5.91. The fourth-order valence-electron chi connectivity index (χ4n) is 2.28. The van der Waals surface area contributed by atoms with Crippen LogP contribution in [-0.4, -0.2) is 18.8 Å². The summed E-state index contributed by atoms with van der Waals surface area (Å²) >= 11 is 3.22. The van der Waals surface area contributed by atoms with Gasteiger partial charge in [-0.2, -0.15) is 0 Å². The van der Waals surface area contributed by atoms with Crippen molar-refractivity contribution < 1.29 is 8.78 Å². The molecule has 1 aliphatic rings. The summed E-state index contributed by atoms with van der Waals surface area (Å²) in [6, 6.07) is 4.49. The van der Waals surface area contributed by atoms with E-state index in [0.29, 0.717) is 10.0 Å². The van der Waals surface area contributed by atoms with Gasteiger partial charge in [0, 0.05) is 16.9 Å². The Bertz CT molecular complexity index is 357. The van der Waals surface area contributed by atoms with E-state index in [0.717, 1.165) is 25.8 Å². The maximum Gasteiger partial charge on any atom is 0.124 e. The van der Waals surface area contributed by atoms with Crippen molar-refractivity contribution in [1.29, 1.82) is 0 Å². The van der Waals surface area contributed by atoms with Crippen LogP contribution < -0.4 is 5.32 Å². The molecule has 0 amide bonds. The lowest BCUT2D eigenvalue weighted by atomic mass is 9.96. The summed E-state index contributed by atoms with van der Waals surface area (Å²) in [5.41, 5.74) is 0.705. The highest BCUT2D eigenvalue weighted by Gasteiger charge is 2.23. The Labute approximate surface area is 109 Å². The summed E-state index contributed by atoms with van der Waals surface area (Å²) < 4.78 is 27.9. The third kappa shape index (κ3) is 3.75. The average molecular weight is 304 g/mol. The summed E-state index contributed by atoms with van der Waals surface area (Å²) in [7, 11) is 0. The van der Waals surface area contributed by atoms with E-state index < -0.39 is 6.17 Å². The second-order valence-electron chi connectivity index (χ2n) is 4.55. The number of nitrogens with one attached hydrogen (secondary N) is 1. The molecule has 1 aliphatic heterocycles. The van der Waals surface area contributed by atoms with Gasteiger partial charge in [-0.1, -0.05) is 22.4 Å². The second-order valence-corrected chi connectivity index (χ2v) is 5.47. The zero-order chi connectivity index (χ0) is 12.3. The molecule has 0 aromatic heterocycles. The molecule has 0 radical (unpaired) electrons. The Hall–Kier alpha value is -0.480. The molecule has 1 fully saturated rings. The quantitative estimate of drug-likeness (QED) is 0.899. The predicted molar refractivity (Wildman–Crippen MR) is 68.3 cm³/mol. The summed E-state index contributed by atoms with van der Waals surface area (Å²) in [5.74, 6) is -0.321. The normalized spacial score (nSPS) is 22.4. The third-order valence-corrected chi connectivity index (χ3v) is 3.60. The first-order valence-electron chi connectivity index (χ1n) is 5.97. The van der Waals surface area contributed by atoms with E-state index in [4.69, 9.17) is 0 Å². The minimum absolute atomic E-state index is 0.0780. The Balaban J connectivity index is 1.99. The van der Waals surface area contributed by atoms with Crippen molar-refractivity contribution in [3.8, 4) is 0 Å². The van der Waals surface area contributed by atoms with Gasteiger partial charge in [0.1, 0.15) is 12.0 Å². The third-order valence-electron chi connectivity index (χ3n) is 3.14. The lowest BCUT2D eigenvalue weighted by molar-refractivity contribution is 0.217. The summed E-state index contributed by atoms with van der Waals surface area (Å²) in [4.78, 5) is 0. The Kier molecular flexibility index (Phi) is 4.51. The van der Waals surface area contributed by atoms with Crippen molar-refractivity contribution in [2.45, 2.75) is 37.9 Å². The molecule has 17 heavy (non-hydrogen) atoms. The van der Waals surface area contributed by atoms with Gasteiger partial charge in [0.2, 0.25) is 0 Å². The van der Waals surface area contributed by atoms with Crippen molar-refractivity contribution in [3.63, 3.8) is 0 Å². The van der Waals surface area contributed by atoms with Gasteiger partial charge in [-0.3, -0.25) is 0 Å². The van der Waals surface area contributed by atoms with Crippen molar-refractivity contribution in [2.24, 2.45) is 0 Å². The van der Waals surface area contributed by atoms with Gasteiger partial charge < -0.3 is 5.32 Å². The number of halogens is 3. The molecule has 1 aromatic carbocycles. The largest absolute Gasteiger partial charge is 0.311 e. The highest BCUT2D eigenvalue weighted by atomic mass is 79.9. The number of hydrogen-bond donors (Lipinski definition) is 1. The van der Waals surface area contributed by atoms with Crippen LogP contribution in [0.25, 0.3) is 0 Å². The van der Waals surface area contributed by atoms with Gasteiger partial charge in [-0.15, -0.1) is 0 Å². The van der Waals surface area contributed by atoms with Crippen molar-refractivity contribution in [2.75, 3.05) is 6.54 Å². The number of piperidine rings is 1. The molecule has 2 atom stereocenters. The predicted octanol–water partition coefficient (Wildman–Crippen LogP) is 3.61. The number of alkyl halides is 1. The van der Waals surface area contributed by atoms with Crippen molar-refractivity contribution in [3.05, 3.63) is 34.1 Å². The molecular formula is C13H16BrF2N. The molecule has 1 N–H and O–H groups in total. The molecule has 1 saturated heterocycles.